The summed E-state index contributed by atoms with van der Waals surface area (Å²) in [6, 6.07) is 0. The van der Waals surface area contributed by atoms with Crippen LogP contribution in [0.25, 0.3) is 0 Å². The summed E-state index contributed by atoms with van der Waals surface area (Å²) in [5.41, 5.74) is 0.454. The SMILES string of the molecule is CCC1(CC)CSC(NC(C)(C)C2CC2)=N1. The van der Waals surface area contributed by atoms with Crippen molar-refractivity contribution in [1.82, 2.24) is 5.32 Å². The van der Waals surface area contributed by atoms with E-state index in [0.717, 1.165) is 24.5 Å². The van der Waals surface area contributed by atoms with E-state index in [0.29, 0.717) is 0 Å². The summed E-state index contributed by atoms with van der Waals surface area (Å²) in [5.74, 6) is 2.01. The number of thioether (sulfide) groups is 1. The molecule has 0 aromatic carbocycles. The second kappa shape index (κ2) is 4.25. The summed E-state index contributed by atoms with van der Waals surface area (Å²) in [6.45, 7) is 9.13. The molecular weight excluding hydrogens is 216 g/mol. The maximum absolute atomic E-state index is 4.92. The average molecular weight is 240 g/mol. The van der Waals surface area contributed by atoms with Gasteiger partial charge in [-0.05, 0) is 45.4 Å². The molecule has 2 rings (SSSR count). The zero-order valence-electron chi connectivity index (χ0n) is 11.0. The minimum absolute atomic E-state index is 0.215. The average Bonchev–Trinajstić information content (AvgIpc) is 3.03. The van der Waals surface area contributed by atoms with Gasteiger partial charge in [-0.1, -0.05) is 25.6 Å². The zero-order valence-corrected chi connectivity index (χ0v) is 11.8. The van der Waals surface area contributed by atoms with Crippen LogP contribution in [0.15, 0.2) is 4.99 Å². The van der Waals surface area contributed by atoms with Gasteiger partial charge in [-0.3, -0.25) is 4.99 Å². The molecule has 0 saturated heterocycles. The van der Waals surface area contributed by atoms with Crippen LogP contribution >= 0.6 is 11.8 Å². The van der Waals surface area contributed by atoms with Crippen LogP contribution in [-0.4, -0.2) is 22.0 Å². The van der Waals surface area contributed by atoms with Crippen LogP contribution in [0.2, 0.25) is 0 Å². The van der Waals surface area contributed by atoms with Crippen LogP contribution < -0.4 is 5.32 Å². The van der Waals surface area contributed by atoms with E-state index in [1.165, 1.54) is 18.0 Å². The molecule has 0 unspecified atom stereocenters. The van der Waals surface area contributed by atoms with Crippen LogP contribution in [0.5, 0.6) is 0 Å². The fourth-order valence-corrected chi connectivity index (χ4v) is 3.81. The van der Waals surface area contributed by atoms with Gasteiger partial charge in [0.15, 0.2) is 5.17 Å². The molecule has 0 radical (unpaired) electrons. The first kappa shape index (κ1) is 12.3. The second-order valence-corrected chi connectivity index (χ2v) is 6.72. The molecule has 2 nitrogen and oxygen atoms in total. The second-order valence-electron chi connectivity index (χ2n) is 5.76. The van der Waals surface area contributed by atoms with Crippen LogP contribution in [0, 0.1) is 5.92 Å². The third-order valence-corrected chi connectivity index (χ3v) is 5.31. The first-order valence-corrected chi connectivity index (χ1v) is 7.51. The van der Waals surface area contributed by atoms with Gasteiger partial charge in [0, 0.05) is 11.3 Å². The normalized spacial score (nSPS) is 24.4. The van der Waals surface area contributed by atoms with Crippen molar-refractivity contribution in [2.75, 3.05) is 5.75 Å². The van der Waals surface area contributed by atoms with E-state index >= 15 is 0 Å². The topological polar surface area (TPSA) is 24.4 Å². The Balaban J connectivity index is 2.01. The number of amidine groups is 1. The standard InChI is InChI=1S/C13H24N2S/c1-5-13(6-2)9-16-11(15-13)14-12(3,4)10-7-8-10/h10H,5-9H2,1-4H3,(H,14,15). The van der Waals surface area contributed by atoms with Crippen LogP contribution in [0.3, 0.4) is 0 Å². The summed E-state index contributed by atoms with van der Waals surface area (Å²) < 4.78 is 0. The van der Waals surface area contributed by atoms with Crippen molar-refractivity contribution in [1.29, 1.82) is 0 Å². The Morgan fingerprint density at radius 1 is 1.38 bits per heavy atom. The van der Waals surface area contributed by atoms with Crippen molar-refractivity contribution in [3.8, 4) is 0 Å². The van der Waals surface area contributed by atoms with Gasteiger partial charge in [0.25, 0.3) is 0 Å². The van der Waals surface area contributed by atoms with E-state index in [-0.39, 0.29) is 11.1 Å². The Kier molecular flexibility index (Phi) is 3.26. The van der Waals surface area contributed by atoms with E-state index in [9.17, 15) is 0 Å². The van der Waals surface area contributed by atoms with E-state index in [1.54, 1.807) is 0 Å². The molecule has 0 atom stereocenters. The van der Waals surface area contributed by atoms with Gasteiger partial charge in [0.1, 0.15) is 0 Å². The number of rotatable bonds is 4. The van der Waals surface area contributed by atoms with E-state index < -0.39 is 0 Å². The summed E-state index contributed by atoms with van der Waals surface area (Å²) in [6.07, 6.45) is 5.08. The monoisotopic (exact) mass is 240 g/mol. The first-order chi connectivity index (χ1) is 7.51. The molecule has 0 aromatic heterocycles. The highest BCUT2D eigenvalue weighted by Crippen LogP contribution is 2.40. The Bertz CT molecular complexity index is 288. The molecule has 1 aliphatic heterocycles. The van der Waals surface area contributed by atoms with Crippen molar-refractivity contribution in [3.63, 3.8) is 0 Å². The smallest absolute Gasteiger partial charge is 0.157 e. The molecule has 1 fully saturated rings. The third-order valence-electron chi connectivity index (χ3n) is 4.16. The van der Waals surface area contributed by atoms with Crippen LogP contribution in [0.1, 0.15) is 53.4 Å². The maximum atomic E-state index is 4.92. The third kappa shape index (κ3) is 2.39. The number of aliphatic imine (C=N–C) groups is 1. The lowest BCUT2D eigenvalue weighted by atomic mass is 9.96. The number of nitrogens with zero attached hydrogens (tertiary/aromatic N) is 1. The number of nitrogens with one attached hydrogen (secondary N) is 1. The molecule has 2 aliphatic rings. The van der Waals surface area contributed by atoms with Crippen molar-refractivity contribution >= 4 is 16.9 Å². The molecule has 92 valence electrons. The highest BCUT2D eigenvalue weighted by Gasteiger charge is 2.40. The highest BCUT2D eigenvalue weighted by molar-refractivity contribution is 8.14. The number of hydrogen-bond donors (Lipinski definition) is 1. The first-order valence-electron chi connectivity index (χ1n) is 6.52. The zero-order chi connectivity index (χ0) is 11.8. The minimum Gasteiger partial charge on any atom is -0.360 e. The Morgan fingerprint density at radius 2 is 2.00 bits per heavy atom. The lowest BCUT2D eigenvalue weighted by molar-refractivity contribution is 0.399. The van der Waals surface area contributed by atoms with Gasteiger partial charge in [0.05, 0.1) is 5.54 Å². The van der Waals surface area contributed by atoms with Gasteiger partial charge in [-0.15, -0.1) is 0 Å². The number of hydrogen-bond acceptors (Lipinski definition) is 3. The molecule has 1 heterocycles. The predicted octanol–water partition coefficient (Wildman–Crippen LogP) is 3.43. The largest absolute Gasteiger partial charge is 0.360 e. The summed E-state index contributed by atoms with van der Waals surface area (Å²) in [7, 11) is 0. The lowest BCUT2D eigenvalue weighted by Gasteiger charge is -2.27. The molecule has 1 N–H and O–H groups in total. The predicted molar refractivity (Wildman–Crippen MR) is 73.1 cm³/mol. The van der Waals surface area contributed by atoms with Crippen molar-refractivity contribution in [2.24, 2.45) is 10.9 Å². The van der Waals surface area contributed by atoms with E-state index in [2.05, 4.69) is 33.0 Å². The Hall–Kier alpha value is -0.180. The van der Waals surface area contributed by atoms with Crippen molar-refractivity contribution < 1.29 is 0 Å². The van der Waals surface area contributed by atoms with Gasteiger partial charge in [0.2, 0.25) is 0 Å². The molecular formula is C13H24N2S. The van der Waals surface area contributed by atoms with E-state index in [1.807, 2.05) is 11.8 Å². The summed E-state index contributed by atoms with van der Waals surface area (Å²) in [5, 5.41) is 4.83. The molecule has 0 aromatic rings. The maximum Gasteiger partial charge on any atom is 0.157 e. The van der Waals surface area contributed by atoms with Crippen LogP contribution in [-0.2, 0) is 0 Å². The molecule has 0 bridgehead atoms. The fraction of sp³-hybridized carbons (Fsp3) is 0.923. The molecule has 3 heteroatoms. The van der Waals surface area contributed by atoms with Crippen LogP contribution in [0.4, 0.5) is 0 Å². The molecule has 16 heavy (non-hydrogen) atoms. The quantitative estimate of drug-likeness (QED) is 0.814. The van der Waals surface area contributed by atoms with Gasteiger partial charge in [-0.25, -0.2) is 0 Å². The van der Waals surface area contributed by atoms with Gasteiger partial charge >= 0.3 is 0 Å². The summed E-state index contributed by atoms with van der Waals surface area (Å²) >= 11 is 1.91. The van der Waals surface area contributed by atoms with Gasteiger partial charge in [-0.2, -0.15) is 0 Å². The Labute approximate surface area is 104 Å². The summed E-state index contributed by atoms with van der Waals surface area (Å²) in [4.78, 5) is 4.92. The molecule has 1 saturated carbocycles. The fourth-order valence-electron chi connectivity index (χ4n) is 2.34. The van der Waals surface area contributed by atoms with E-state index in [4.69, 9.17) is 4.99 Å². The molecule has 0 spiro atoms. The lowest BCUT2D eigenvalue weighted by Crippen LogP contribution is -2.43. The Morgan fingerprint density at radius 3 is 2.44 bits per heavy atom. The van der Waals surface area contributed by atoms with Crippen molar-refractivity contribution in [2.45, 2.75) is 64.5 Å². The highest BCUT2D eigenvalue weighted by atomic mass is 32.2. The van der Waals surface area contributed by atoms with Crippen molar-refractivity contribution in [3.05, 3.63) is 0 Å². The molecule has 0 amide bonds. The molecule has 1 aliphatic carbocycles. The van der Waals surface area contributed by atoms with Gasteiger partial charge < -0.3 is 5.32 Å². The minimum atomic E-state index is 0.215.